The van der Waals surface area contributed by atoms with E-state index in [0.717, 1.165) is 4.47 Å². The number of hydrazone groups is 1. The molecule has 0 aliphatic carbocycles. The van der Waals surface area contributed by atoms with E-state index in [1.807, 2.05) is 24.3 Å². The topological polar surface area (TPSA) is 68.2 Å². The first kappa shape index (κ1) is 18.4. The summed E-state index contributed by atoms with van der Waals surface area (Å²) in [6.07, 6.45) is -0.894. The highest BCUT2D eigenvalue weighted by Crippen LogP contribution is 2.37. The lowest BCUT2D eigenvalue weighted by Crippen LogP contribution is -2.26. The van der Waals surface area contributed by atoms with E-state index in [1.54, 1.807) is 18.2 Å². The number of rotatable bonds is 3. The van der Waals surface area contributed by atoms with Crippen LogP contribution in [0.5, 0.6) is 5.75 Å². The van der Waals surface area contributed by atoms with Crippen LogP contribution in [0, 0.1) is 0 Å². The molecule has 0 aromatic heterocycles. The summed E-state index contributed by atoms with van der Waals surface area (Å²) in [4.78, 5) is 23.5. The van der Waals surface area contributed by atoms with Crippen LogP contribution in [0.2, 0.25) is 5.02 Å². The van der Waals surface area contributed by atoms with Crippen LogP contribution in [0.1, 0.15) is 31.2 Å². The van der Waals surface area contributed by atoms with Crippen LogP contribution in [0.15, 0.2) is 52.0 Å². The average molecular weight is 438 g/mol. The molecular formula is C18H14BrClN2O4. The number of carbonyl (C=O) groups is 2. The molecular weight excluding hydrogens is 424 g/mol. The van der Waals surface area contributed by atoms with Gasteiger partial charge >= 0.3 is 5.97 Å². The Kier molecular flexibility index (Phi) is 5.29. The molecule has 26 heavy (non-hydrogen) atoms. The van der Waals surface area contributed by atoms with Crippen LogP contribution < -0.4 is 4.74 Å². The van der Waals surface area contributed by atoms with Crippen molar-refractivity contribution < 1.29 is 19.1 Å². The molecule has 134 valence electrons. The second-order valence-electron chi connectivity index (χ2n) is 5.53. The minimum Gasteiger partial charge on any atom is -0.446 e. The Labute approximate surface area is 163 Å². The summed E-state index contributed by atoms with van der Waals surface area (Å²) in [7, 11) is 0. The molecule has 0 saturated heterocycles. The number of hydrogen-bond donors (Lipinski definition) is 0. The summed E-state index contributed by atoms with van der Waals surface area (Å²) >= 11 is 9.49. The van der Waals surface area contributed by atoms with E-state index >= 15 is 0 Å². The van der Waals surface area contributed by atoms with Crippen molar-refractivity contribution in [2.75, 3.05) is 0 Å². The molecule has 3 rings (SSSR count). The van der Waals surface area contributed by atoms with E-state index < -0.39 is 12.2 Å². The van der Waals surface area contributed by atoms with Crippen LogP contribution in [-0.2, 0) is 14.3 Å². The second kappa shape index (κ2) is 7.47. The van der Waals surface area contributed by atoms with Crippen LogP contribution in [-0.4, -0.2) is 22.8 Å². The zero-order valence-electron chi connectivity index (χ0n) is 13.9. The van der Waals surface area contributed by atoms with Crippen molar-refractivity contribution in [2.45, 2.75) is 20.1 Å². The van der Waals surface area contributed by atoms with E-state index in [4.69, 9.17) is 21.1 Å². The van der Waals surface area contributed by atoms with Gasteiger partial charge in [0, 0.05) is 28.9 Å². The Morgan fingerprint density at radius 1 is 1.23 bits per heavy atom. The molecule has 0 fully saturated rings. The molecule has 8 heteroatoms. The van der Waals surface area contributed by atoms with Gasteiger partial charge in [0.1, 0.15) is 5.75 Å². The summed E-state index contributed by atoms with van der Waals surface area (Å²) in [5, 5.41) is 5.89. The van der Waals surface area contributed by atoms with Crippen molar-refractivity contribution in [3.05, 3.63) is 63.1 Å². The molecule has 1 aliphatic heterocycles. The van der Waals surface area contributed by atoms with Gasteiger partial charge < -0.3 is 9.47 Å². The predicted molar refractivity (Wildman–Crippen MR) is 99.8 cm³/mol. The quantitative estimate of drug-likeness (QED) is 0.531. The van der Waals surface area contributed by atoms with Crippen LogP contribution >= 0.6 is 27.5 Å². The number of halogens is 2. The van der Waals surface area contributed by atoms with Crippen LogP contribution in [0.3, 0.4) is 0 Å². The highest BCUT2D eigenvalue weighted by atomic mass is 79.9. The number of esters is 1. The molecule has 2 aromatic carbocycles. The molecule has 1 heterocycles. The highest BCUT2D eigenvalue weighted by molar-refractivity contribution is 9.10. The summed E-state index contributed by atoms with van der Waals surface area (Å²) < 4.78 is 12.0. The van der Waals surface area contributed by atoms with Gasteiger partial charge in [-0.05, 0) is 36.4 Å². The van der Waals surface area contributed by atoms with E-state index in [0.29, 0.717) is 16.1 Å². The zero-order valence-corrected chi connectivity index (χ0v) is 16.2. The van der Waals surface area contributed by atoms with Crippen LogP contribution in [0.25, 0.3) is 0 Å². The maximum Gasteiger partial charge on any atom is 0.308 e. The molecule has 1 unspecified atom stereocenters. The minimum atomic E-state index is -0.894. The number of amides is 1. The molecule has 0 spiro atoms. The highest BCUT2D eigenvalue weighted by Gasteiger charge is 2.35. The number of carbonyl (C=O) groups excluding carboxylic acids is 2. The third-order valence-corrected chi connectivity index (χ3v) is 4.26. The van der Waals surface area contributed by atoms with E-state index in [9.17, 15) is 9.59 Å². The van der Waals surface area contributed by atoms with Gasteiger partial charge in [0.25, 0.3) is 0 Å². The lowest BCUT2D eigenvalue weighted by atomic mass is 10.1. The van der Waals surface area contributed by atoms with Gasteiger partial charge in [-0.1, -0.05) is 33.6 Å². The zero-order chi connectivity index (χ0) is 18.8. The Hall–Kier alpha value is -2.38. The number of ether oxygens (including phenoxy) is 2. The van der Waals surface area contributed by atoms with Crippen molar-refractivity contribution in [3.8, 4) is 5.75 Å². The smallest absolute Gasteiger partial charge is 0.308 e. The van der Waals surface area contributed by atoms with Crippen LogP contribution in [0.4, 0.5) is 0 Å². The molecule has 0 N–H and O–H groups in total. The number of benzene rings is 2. The Morgan fingerprint density at radius 2 is 2.00 bits per heavy atom. The normalized spacial score (nSPS) is 16.1. The fourth-order valence-electron chi connectivity index (χ4n) is 2.47. The minimum absolute atomic E-state index is 0.254. The summed E-state index contributed by atoms with van der Waals surface area (Å²) in [5.74, 6) is -0.285. The predicted octanol–water partition coefficient (Wildman–Crippen LogP) is 4.27. The van der Waals surface area contributed by atoms with E-state index in [1.165, 1.54) is 18.9 Å². The van der Waals surface area contributed by atoms with E-state index in [2.05, 4.69) is 21.0 Å². The standard InChI is InChI=1S/C18H14BrClN2O4/c1-10(23)22-18(15-9-14(20)6-7-16(15)25-11(2)24)26-17(21-22)12-4-3-5-13(19)8-12/h3-9,18H,1-2H3. The number of nitrogens with zero attached hydrogens (tertiary/aromatic N) is 2. The SMILES string of the molecule is CC(=O)Oc1ccc(Cl)cc1C1OC(c2cccc(Br)c2)=NN1C(C)=O. The fraction of sp³-hybridized carbons (Fsp3) is 0.167. The molecule has 1 atom stereocenters. The van der Waals surface area contributed by atoms with Gasteiger partial charge in [-0.15, -0.1) is 5.10 Å². The first-order valence-corrected chi connectivity index (χ1v) is 8.81. The molecule has 2 aromatic rings. The van der Waals surface area contributed by atoms with Gasteiger partial charge in [0.15, 0.2) is 0 Å². The first-order valence-electron chi connectivity index (χ1n) is 7.64. The largest absolute Gasteiger partial charge is 0.446 e. The molecule has 1 amide bonds. The lowest BCUT2D eigenvalue weighted by Gasteiger charge is -2.21. The van der Waals surface area contributed by atoms with Gasteiger partial charge in [-0.25, -0.2) is 0 Å². The third kappa shape index (κ3) is 3.89. The summed E-state index contributed by atoms with van der Waals surface area (Å²) in [5.41, 5.74) is 1.13. The van der Waals surface area contributed by atoms with Gasteiger partial charge in [0.2, 0.25) is 18.0 Å². The maximum atomic E-state index is 12.1. The van der Waals surface area contributed by atoms with Crippen molar-refractivity contribution in [1.29, 1.82) is 0 Å². The van der Waals surface area contributed by atoms with Crippen molar-refractivity contribution in [2.24, 2.45) is 5.10 Å². The number of hydrogen-bond acceptors (Lipinski definition) is 5. The summed E-state index contributed by atoms with van der Waals surface area (Å²) in [6, 6.07) is 12.1. The van der Waals surface area contributed by atoms with E-state index in [-0.39, 0.29) is 17.6 Å². The van der Waals surface area contributed by atoms with Crippen molar-refractivity contribution in [1.82, 2.24) is 5.01 Å². The monoisotopic (exact) mass is 436 g/mol. The maximum absolute atomic E-state index is 12.1. The lowest BCUT2D eigenvalue weighted by molar-refractivity contribution is -0.135. The van der Waals surface area contributed by atoms with Gasteiger partial charge in [-0.3, -0.25) is 9.59 Å². The Balaban J connectivity index is 2.02. The Morgan fingerprint density at radius 3 is 2.65 bits per heavy atom. The van der Waals surface area contributed by atoms with Crippen molar-refractivity contribution in [3.63, 3.8) is 0 Å². The molecule has 6 nitrogen and oxygen atoms in total. The average Bonchev–Trinajstić information content (AvgIpc) is 3.01. The Bertz CT molecular complexity index is 916. The fourth-order valence-corrected chi connectivity index (χ4v) is 3.05. The van der Waals surface area contributed by atoms with Gasteiger partial charge in [-0.2, -0.15) is 5.01 Å². The van der Waals surface area contributed by atoms with Crippen molar-refractivity contribution >= 4 is 45.3 Å². The van der Waals surface area contributed by atoms with Gasteiger partial charge in [0.05, 0.1) is 5.56 Å². The molecule has 1 aliphatic rings. The third-order valence-electron chi connectivity index (χ3n) is 3.53. The molecule has 0 saturated carbocycles. The summed E-state index contributed by atoms with van der Waals surface area (Å²) in [6.45, 7) is 2.67. The second-order valence-corrected chi connectivity index (χ2v) is 6.88. The first-order chi connectivity index (χ1) is 12.3. The molecule has 0 radical (unpaired) electrons. The molecule has 0 bridgehead atoms.